The number of benzene rings is 2. The Hall–Kier alpha value is -2.61. The van der Waals surface area contributed by atoms with Crippen molar-refractivity contribution in [3.05, 3.63) is 69.7 Å². The van der Waals surface area contributed by atoms with Gasteiger partial charge in [0.15, 0.2) is 16.8 Å². The van der Waals surface area contributed by atoms with Crippen molar-refractivity contribution < 1.29 is 9.21 Å². The normalized spacial score (nSPS) is 10.5. The predicted octanol–water partition coefficient (Wildman–Crippen LogP) is 5.22. The van der Waals surface area contributed by atoms with E-state index in [1.807, 2.05) is 32.0 Å². The van der Waals surface area contributed by atoms with Crippen LogP contribution < -0.4 is 16.2 Å². The Bertz CT molecular complexity index is 1080. The molecule has 9 heteroatoms. The monoisotopic (exact) mass is 462 g/mol. The molecule has 1 aromatic heterocycles. The SMILES string of the molecule is Cc1cccc(NC(=S)NNC(=O)CCc2ncc(-c3ccc(Cl)cc3Cl)o2)c1C. The fourth-order valence-corrected chi connectivity index (χ4v) is 3.35. The average molecular weight is 463 g/mol. The van der Waals surface area contributed by atoms with Gasteiger partial charge in [-0.3, -0.25) is 15.6 Å². The van der Waals surface area contributed by atoms with Crippen molar-refractivity contribution in [1.29, 1.82) is 0 Å². The van der Waals surface area contributed by atoms with Crippen LogP contribution in [-0.2, 0) is 11.2 Å². The summed E-state index contributed by atoms with van der Waals surface area (Å²) >= 11 is 17.3. The molecule has 0 spiro atoms. The van der Waals surface area contributed by atoms with Gasteiger partial charge in [-0.25, -0.2) is 4.98 Å². The summed E-state index contributed by atoms with van der Waals surface area (Å²) in [4.78, 5) is 16.3. The number of nitrogens with one attached hydrogen (secondary N) is 3. The number of anilines is 1. The Morgan fingerprint density at radius 1 is 1.17 bits per heavy atom. The van der Waals surface area contributed by atoms with E-state index in [2.05, 4.69) is 21.2 Å². The maximum Gasteiger partial charge on any atom is 0.238 e. The first-order valence-electron chi connectivity index (χ1n) is 9.15. The second-order valence-corrected chi connectivity index (χ2v) is 7.87. The summed E-state index contributed by atoms with van der Waals surface area (Å²) in [6.07, 6.45) is 2.08. The van der Waals surface area contributed by atoms with Crippen molar-refractivity contribution in [2.24, 2.45) is 0 Å². The molecule has 0 saturated heterocycles. The van der Waals surface area contributed by atoms with Crippen molar-refractivity contribution in [2.45, 2.75) is 26.7 Å². The summed E-state index contributed by atoms with van der Waals surface area (Å²) in [7, 11) is 0. The summed E-state index contributed by atoms with van der Waals surface area (Å²) in [5, 5.41) is 4.37. The number of oxazole rings is 1. The highest BCUT2D eigenvalue weighted by molar-refractivity contribution is 7.80. The van der Waals surface area contributed by atoms with Crippen molar-refractivity contribution in [3.63, 3.8) is 0 Å². The number of nitrogens with zero attached hydrogens (tertiary/aromatic N) is 1. The third-order valence-electron chi connectivity index (χ3n) is 4.48. The van der Waals surface area contributed by atoms with Gasteiger partial charge >= 0.3 is 0 Å². The summed E-state index contributed by atoms with van der Waals surface area (Å²) < 4.78 is 5.69. The molecule has 3 N–H and O–H groups in total. The Morgan fingerprint density at radius 2 is 1.97 bits per heavy atom. The maximum atomic E-state index is 12.1. The minimum Gasteiger partial charge on any atom is -0.441 e. The van der Waals surface area contributed by atoms with Gasteiger partial charge in [-0.1, -0.05) is 35.3 Å². The lowest BCUT2D eigenvalue weighted by Gasteiger charge is -2.14. The van der Waals surface area contributed by atoms with Crippen molar-refractivity contribution in [1.82, 2.24) is 15.8 Å². The van der Waals surface area contributed by atoms with E-state index in [-0.39, 0.29) is 12.3 Å². The van der Waals surface area contributed by atoms with E-state index in [0.29, 0.717) is 38.8 Å². The highest BCUT2D eigenvalue weighted by atomic mass is 35.5. The van der Waals surface area contributed by atoms with Gasteiger partial charge in [-0.2, -0.15) is 0 Å². The van der Waals surface area contributed by atoms with Crippen molar-refractivity contribution in [2.75, 3.05) is 5.32 Å². The Balaban J connectivity index is 1.47. The maximum absolute atomic E-state index is 12.1. The van der Waals surface area contributed by atoms with Crippen molar-refractivity contribution in [3.8, 4) is 11.3 Å². The van der Waals surface area contributed by atoms with E-state index in [4.69, 9.17) is 39.8 Å². The minimum atomic E-state index is -0.246. The topological polar surface area (TPSA) is 79.2 Å². The first-order valence-corrected chi connectivity index (χ1v) is 10.3. The molecule has 0 aliphatic rings. The first-order chi connectivity index (χ1) is 14.3. The number of amides is 1. The molecular formula is C21H20Cl2N4O2S. The summed E-state index contributed by atoms with van der Waals surface area (Å²) in [5.41, 5.74) is 9.07. The van der Waals surface area contributed by atoms with Crippen LogP contribution in [0, 0.1) is 13.8 Å². The predicted molar refractivity (Wildman–Crippen MR) is 124 cm³/mol. The number of halogens is 2. The zero-order chi connectivity index (χ0) is 21.7. The lowest BCUT2D eigenvalue weighted by molar-refractivity contribution is -0.121. The molecule has 0 atom stereocenters. The number of rotatable bonds is 5. The van der Waals surface area contributed by atoms with E-state index in [9.17, 15) is 4.79 Å². The number of hydrogen-bond acceptors (Lipinski definition) is 4. The van der Waals surface area contributed by atoms with Crippen LogP contribution in [0.25, 0.3) is 11.3 Å². The molecule has 0 unspecified atom stereocenters. The van der Waals surface area contributed by atoms with Gasteiger partial charge in [0.25, 0.3) is 0 Å². The number of hydrazine groups is 1. The standard InChI is InChI=1S/C21H20Cl2N4O2S/c1-12-4-3-5-17(13(12)2)25-21(30)27-26-19(28)8-9-20-24-11-18(29-20)15-7-6-14(22)10-16(15)23/h3-7,10-11H,8-9H2,1-2H3,(H,26,28)(H2,25,27,30). The molecule has 0 fully saturated rings. The van der Waals surface area contributed by atoms with E-state index in [1.165, 1.54) is 0 Å². The number of aryl methyl sites for hydroxylation is 2. The van der Waals surface area contributed by atoms with Crippen LogP contribution in [0.5, 0.6) is 0 Å². The van der Waals surface area contributed by atoms with Gasteiger partial charge in [-0.05, 0) is 61.5 Å². The summed E-state index contributed by atoms with van der Waals surface area (Å²) in [6.45, 7) is 4.02. The molecule has 3 aromatic rings. The number of carbonyl (C=O) groups is 1. The highest BCUT2D eigenvalue weighted by Gasteiger charge is 2.12. The second kappa shape index (κ2) is 9.93. The summed E-state index contributed by atoms with van der Waals surface area (Å²) in [5.74, 6) is 0.704. The van der Waals surface area contributed by atoms with Crippen LogP contribution in [0.1, 0.15) is 23.4 Å². The Labute approximate surface area is 189 Å². The fourth-order valence-electron chi connectivity index (χ4n) is 2.69. The molecule has 156 valence electrons. The van der Waals surface area contributed by atoms with E-state index in [1.54, 1.807) is 24.4 Å². The van der Waals surface area contributed by atoms with Crippen LogP contribution in [0.4, 0.5) is 5.69 Å². The minimum absolute atomic E-state index is 0.174. The smallest absolute Gasteiger partial charge is 0.238 e. The Kier molecular flexibility index (Phi) is 7.31. The first kappa shape index (κ1) is 22.1. The molecule has 3 rings (SSSR count). The third kappa shape index (κ3) is 5.72. The zero-order valence-corrected chi connectivity index (χ0v) is 18.7. The number of hydrogen-bond donors (Lipinski definition) is 3. The van der Waals surface area contributed by atoms with Crippen LogP contribution in [0.3, 0.4) is 0 Å². The average Bonchev–Trinajstić information content (AvgIpc) is 3.17. The Morgan fingerprint density at radius 3 is 2.73 bits per heavy atom. The van der Waals surface area contributed by atoms with Crippen LogP contribution in [0.15, 0.2) is 47.0 Å². The van der Waals surface area contributed by atoms with Gasteiger partial charge in [0, 0.05) is 29.1 Å². The van der Waals surface area contributed by atoms with Crippen LogP contribution in [0.2, 0.25) is 10.0 Å². The molecule has 1 amide bonds. The van der Waals surface area contributed by atoms with Crippen molar-refractivity contribution >= 4 is 52.1 Å². The second-order valence-electron chi connectivity index (χ2n) is 6.62. The molecular weight excluding hydrogens is 443 g/mol. The zero-order valence-electron chi connectivity index (χ0n) is 16.4. The number of thiocarbonyl (C=S) groups is 1. The molecule has 30 heavy (non-hydrogen) atoms. The molecule has 0 bridgehead atoms. The van der Waals surface area contributed by atoms with E-state index >= 15 is 0 Å². The number of carbonyl (C=O) groups excluding carboxylic acids is 1. The van der Waals surface area contributed by atoms with Gasteiger partial charge in [-0.15, -0.1) is 0 Å². The van der Waals surface area contributed by atoms with Gasteiger partial charge in [0.05, 0.1) is 11.2 Å². The summed E-state index contributed by atoms with van der Waals surface area (Å²) in [6, 6.07) is 11.0. The van der Waals surface area contributed by atoms with E-state index < -0.39 is 0 Å². The van der Waals surface area contributed by atoms with E-state index in [0.717, 1.165) is 16.8 Å². The lowest BCUT2D eigenvalue weighted by atomic mass is 10.1. The molecule has 2 aromatic carbocycles. The van der Waals surface area contributed by atoms with Gasteiger partial charge in [0.1, 0.15) is 0 Å². The van der Waals surface area contributed by atoms with Gasteiger partial charge < -0.3 is 9.73 Å². The molecule has 0 radical (unpaired) electrons. The molecule has 1 heterocycles. The molecule has 0 aliphatic carbocycles. The van der Waals surface area contributed by atoms with Gasteiger partial charge in [0.2, 0.25) is 5.91 Å². The quantitative estimate of drug-likeness (QED) is 0.356. The number of aromatic nitrogens is 1. The fraction of sp³-hybridized carbons (Fsp3) is 0.190. The molecule has 0 saturated carbocycles. The molecule has 0 aliphatic heterocycles. The molecule has 6 nitrogen and oxygen atoms in total. The highest BCUT2D eigenvalue weighted by Crippen LogP contribution is 2.30. The largest absolute Gasteiger partial charge is 0.441 e. The van der Waals surface area contributed by atoms with Crippen LogP contribution in [-0.4, -0.2) is 16.0 Å². The third-order valence-corrected chi connectivity index (χ3v) is 5.24. The van der Waals surface area contributed by atoms with Crippen LogP contribution >= 0.6 is 35.4 Å². The lowest BCUT2D eigenvalue weighted by Crippen LogP contribution is -2.43.